The summed E-state index contributed by atoms with van der Waals surface area (Å²) < 4.78 is 40.9. The van der Waals surface area contributed by atoms with Crippen molar-refractivity contribution in [3.8, 4) is 22.8 Å². The van der Waals surface area contributed by atoms with Gasteiger partial charge >= 0.3 is 6.18 Å². The lowest BCUT2D eigenvalue weighted by Gasteiger charge is -2.14. The minimum absolute atomic E-state index is 0.00140. The lowest BCUT2D eigenvalue weighted by Crippen LogP contribution is -2.09. The van der Waals surface area contributed by atoms with E-state index in [-0.39, 0.29) is 6.04 Å². The quantitative estimate of drug-likeness (QED) is 0.445. The van der Waals surface area contributed by atoms with Gasteiger partial charge in [0.15, 0.2) is 5.82 Å². The minimum atomic E-state index is -4.41. The third kappa shape index (κ3) is 4.58. The molecule has 0 saturated carbocycles. The Hall–Kier alpha value is -3.68. The topological polar surface area (TPSA) is 55.6 Å². The third-order valence-electron chi connectivity index (χ3n) is 4.89. The maximum absolute atomic E-state index is 13.1. The Morgan fingerprint density at radius 3 is 2.45 bits per heavy atom. The predicted octanol–water partition coefficient (Wildman–Crippen LogP) is 5.74. The van der Waals surface area contributed by atoms with Crippen LogP contribution in [-0.4, -0.2) is 19.5 Å². The molecular weight excluding hydrogens is 403 g/mol. The normalized spacial score (nSPS) is 12.5. The summed E-state index contributed by atoms with van der Waals surface area (Å²) in [5.74, 6) is 0.975. The largest absolute Gasteiger partial charge is 0.416 e. The van der Waals surface area contributed by atoms with E-state index in [1.54, 1.807) is 36.1 Å². The maximum Gasteiger partial charge on any atom is 0.416 e. The summed E-state index contributed by atoms with van der Waals surface area (Å²) in [5.41, 5.74) is 1.79. The standard InChI is InChI=1S/C23H20F3N5/c1-15(16-7-4-3-5-8-16)28-22-27-12-11-19(30-22)21-29-20(14-31(21)2)17-9-6-10-18(13-17)23(24,25)26/h3-15H,1-2H3,(H,27,28,30). The Morgan fingerprint density at radius 2 is 1.71 bits per heavy atom. The molecule has 1 unspecified atom stereocenters. The molecule has 0 aliphatic rings. The molecule has 2 heterocycles. The molecule has 1 atom stereocenters. The van der Waals surface area contributed by atoms with Gasteiger partial charge in [0.05, 0.1) is 17.3 Å². The average molecular weight is 423 g/mol. The van der Waals surface area contributed by atoms with E-state index in [9.17, 15) is 13.2 Å². The van der Waals surface area contributed by atoms with Crippen molar-refractivity contribution in [3.05, 3.63) is 84.2 Å². The van der Waals surface area contributed by atoms with E-state index in [4.69, 9.17) is 0 Å². The van der Waals surface area contributed by atoms with Gasteiger partial charge in [0, 0.05) is 25.0 Å². The molecule has 0 saturated heterocycles. The Balaban J connectivity index is 1.61. The first-order chi connectivity index (χ1) is 14.8. The van der Waals surface area contributed by atoms with Crippen LogP contribution < -0.4 is 5.32 Å². The van der Waals surface area contributed by atoms with Gasteiger partial charge in [-0.05, 0) is 30.7 Å². The second kappa shape index (κ2) is 8.22. The number of hydrogen-bond acceptors (Lipinski definition) is 4. The first-order valence-electron chi connectivity index (χ1n) is 9.67. The zero-order chi connectivity index (χ0) is 22.0. The molecule has 4 rings (SSSR count). The van der Waals surface area contributed by atoms with E-state index in [0.717, 1.165) is 17.7 Å². The molecule has 4 aromatic rings. The molecule has 0 spiro atoms. The zero-order valence-electron chi connectivity index (χ0n) is 16.9. The van der Waals surface area contributed by atoms with Gasteiger partial charge < -0.3 is 9.88 Å². The zero-order valence-corrected chi connectivity index (χ0v) is 16.9. The number of aromatic nitrogens is 4. The fourth-order valence-corrected chi connectivity index (χ4v) is 3.27. The van der Waals surface area contributed by atoms with E-state index in [0.29, 0.717) is 28.7 Å². The fraction of sp³-hybridized carbons (Fsp3) is 0.174. The van der Waals surface area contributed by atoms with Crippen LogP contribution in [-0.2, 0) is 13.2 Å². The van der Waals surface area contributed by atoms with Gasteiger partial charge in [-0.3, -0.25) is 0 Å². The molecule has 0 aliphatic heterocycles. The van der Waals surface area contributed by atoms with Crippen LogP contribution >= 0.6 is 0 Å². The maximum atomic E-state index is 13.1. The van der Waals surface area contributed by atoms with Crippen molar-refractivity contribution < 1.29 is 13.2 Å². The number of nitrogens with one attached hydrogen (secondary N) is 1. The average Bonchev–Trinajstić information content (AvgIpc) is 3.16. The highest BCUT2D eigenvalue weighted by molar-refractivity contribution is 5.64. The number of nitrogens with zero attached hydrogens (tertiary/aromatic N) is 4. The fourth-order valence-electron chi connectivity index (χ4n) is 3.27. The molecule has 31 heavy (non-hydrogen) atoms. The third-order valence-corrected chi connectivity index (χ3v) is 4.89. The van der Waals surface area contributed by atoms with Gasteiger partial charge in [-0.1, -0.05) is 42.5 Å². The lowest BCUT2D eigenvalue weighted by molar-refractivity contribution is -0.137. The smallest absolute Gasteiger partial charge is 0.348 e. The number of halogens is 3. The van der Waals surface area contributed by atoms with E-state index >= 15 is 0 Å². The Kier molecular flexibility index (Phi) is 5.46. The number of rotatable bonds is 5. The number of aryl methyl sites for hydroxylation is 1. The van der Waals surface area contributed by atoms with Crippen molar-refractivity contribution in [2.24, 2.45) is 7.05 Å². The summed E-state index contributed by atoms with van der Waals surface area (Å²) in [6.45, 7) is 2.01. The Labute approximate surface area is 177 Å². The van der Waals surface area contributed by atoms with Crippen molar-refractivity contribution in [1.29, 1.82) is 0 Å². The molecule has 2 aromatic heterocycles. The summed E-state index contributed by atoms with van der Waals surface area (Å²) in [6.07, 6.45) is -1.09. The van der Waals surface area contributed by atoms with Crippen LogP contribution in [0.15, 0.2) is 73.1 Å². The predicted molar refractivity (Wildman–Crippen MR) is 113 cm³/mol. The van der Waals surface area contributed by atoms with Gasteiger partial charge in [0.25, 0.3) is 0 Å². The number of hydrogen-bond donors (Lipinski definition) is 1. The monoisotopic (exact) mass is 423 g/mol. The number of anilines is 1. The van der Waals surface area contributed by atoms with Gasteiger partial charge in [-0.15, -0.1) is 0 Å². The van der Waals surface area contributed by atoms with E-state index in [1.807, 2.05) is 37.3 Å². The lowest BCUT2D eigenvalue weighted by atomic mass is 10.1. The SMILES string of the molecule is CC(Nc1nccc(-c2nc(-c3cccc(C(F)(F)F)c3)cn2C)n1)c1ccccc1. The van der Waals surface area contributed by atoms with Gasteiger partial charge in [0.1, 0.15) is 5.69 Å². The van der Waals surface area contributed by atoms with Crippen LogP contribution in [0.4, 0.5) is 19.1 Å². The van der Waals surface area contributed by atoms with E-state index in [1.165, 1.54) is 6.07 Å². The molecule has 158 valence electrons. The van der Waals surface area contributed by atoms with Crippen molar-refractivity contribution >= 4 is 5.95 Å². The van der Waals surface area contributed by atoms with Crippen LogP contribution in [0.25, 0.3) is 22.8 Å². The molecule has 1 N–H and O–H groups in total. The summed E-state index contributed by atoms with van der Waals surface area (Å²) >= 11 is 0. The van der Waals surface area contributed by atoms with Gasteiger partial charge in [0.2, 0.25) is 5.95 Å². The van der Waals surface area contributed by atoms with Crippen LogP contribution in [0.3, 0.4) is 0 Å². The Bertz CT molecular complexity index is 1190. The van der Waals surface area contributed by atoms with Crippen molar-refractivity contribution in [2.45, 2.75) is 19.1 Å². The number of imidazole rings is 1. The van der Waals surface area contributed by atoms with Crippen molar-refractivity contribution in [1.82, 2.24) is 19.5 Å². The first kappa shape index (κ1) is 20.6. The number of alkyl halides is 3. The number of benzene rings is 2. The Morgan fingerprint density at radius 1 is 0.935 bits per heavy atom. The highest BCUT2D eigenvalue weighted by Gasteiger charge is 2.30. The van der Waals surface area contributed by atoms with Gasteiger partial charge in [-0.2, -0.15) is 13.2 Å². The van der Waals surface area contributed by atoms with Crippen molar-refractivity contribution in [2.75, 3.05) is 5.32 Å². The first-order valence-corrected chi connectivity index (χ1v) is 9.67. The highest BCUT2D eigenvalue weighted by Crippen LogP contribution is 2.32. The summed E-state index contributed by atoms with van der Waals surface area (Å²) in [6, 6.07) is 16.8. The second-order valence-electron chi connectivity index (χ2n) is 7.18. The van der Waals surface area contributed by atoms with E-state index < -0.39 is 11.7 Å². The molecule has 0 aliphatic carbocycles. The van der Waals surface area contributed by atoms with Crippen LogP contribution in [0, 0.1) is 0 Å². The van der Waals surface area contributed by atoms with Crippen molar-refractivity contribution in [3.63, 3.8) is 0 Å². The second-order valence-corrected chi connectivity index (χ2v) is 7.18. The molecule has 2 aromatic carbocycles. The molecule has 0 fully saturated rings. The highest BCUT2D eigenvalue weighted by atomic mass is 19.4. The minimum Gasteiger partial charge on any atom is -0.348 e. The summed E-state index contributed by atoms with van der Waals surface area (Å²) in [5, 5.41) is 3.27. The molecule has 0 bridgehead atoms. The molecule has 8 heteroatoms. The van der Waals surface area contributed by atoms with Gasteiger partial charge in [-0.25, -0.2) is 15.0 Å². The van der Waals surface area contributed by atoms with Crippen LogP contribution in [0.1, 0.15) is 24.1 Å². The van der Waals surface area contributed by atoms with Crippen LogP contribution in [0.2, 0.25) is 0 Å². The summed E-state index contributed by atoms with van der Waals surface area (Å²) in [7, 11) is 1.78. The molecule has 5 nitrogen and oxygen atoms in total. The summed E-state index contributed by atoms with van der Waals surface area (Å²) in [4.78, 5) is 13.4. The van der Waals surface area contributed by atoms with Crippen LogP contribution in [0.5, 0.6) is 0 Å². The van der Waals surface area contributed by atoms with E-state index in [2.05, 4.69) is 20.3 Å². The molecule has 0 radical (unpaired) electrons. The molecule has 0 amide bonds. The molecular formula is C23H20F3N5.